The van der Waals surface area contributed by atoms with Crippen molar-refractivity contribution in [3.8, 4) is 22.5 Å². The van der Waals surface area contributed by atoms with Crippen molar-refractivity contribution in [3.05, 3.63) is 143 Å². The topological polar surface area (TPSA) is 25.8 Å². The predicted octanol–water partition coefficient (Wildman–Crippen LogP) is 10.7. The van der Waals surface area contributed by atoms with Gasteiger partial charge < -0.3 is 9.97 Å². The summed E-state index contributed by atoms with van der Waals surface area (Å²) >= 11 is 0. The molecule has 2 aromatic heterocycles. The third-order valence-corrected chi connectivity index (χ3v) is 7.83. The van der Waals surface area contributed by atoms with Crippen LogP contribution in [0.2, 0.25) is 0 Å². The molecule has 0 bridgehead atoms. The van der Waals surface area contributed by atoms with Crippen molar-refractivity contribution in [2.45, 2.75) is 79.6 Å². The van der Waals surface area contributed by atoms with E-state index in [0.717, 1.165) is 35.4 Å². The van der Waals surface area contributed by atoms with Gasteiger partial charge in [0.15, 0.2) is 0 Å². The second-order valence-corrected chi connectivity index (χ2v) is 13.0. The molecule has 5 rings (SSSR count). The van der Waals surface area contributed by atoms with Crippen LogP contribution in [0.5, 0.6) is 0 Å². The zero-order valence-electron chi connectivity index (χ0n) is 27.5. The molecule has 3 aromatic carbocycles. The first-order chi connectivity index (χ1) is 20.5. The Morgan fingerprint density at radius 2 is 1.50 bits per heavy atom. The normalized spacial score (nSPS) is 11.8. The first-order valence-electron chi connectivity index (χ1n) is 15.5. The average molecular weight is 759 g/mol. The zero-order valence-corrected chi connectivity index (χ0v) is 29.9. The van der Waals surface area contributed by atoms with E-state index in [1.165, 1.54) is 33.4 Å². The van der Waals surface area contributed by atoms with Gasteiger partial charge in [0.05, 0.1) is 0 Å². The standard InChI is InChI=1S/C24H26N.C17H20N.Ir/c1-5-22(18-10-7-6-8-11-18)19-14-15-25-23(17-19)20-12-9-13-21(16-20)24(2,3)4;1-12(2)9-16-10-17(18-11-14(16)4)15-7-5-13(3)6-8-15;/h6-11,13-17,22H,5H2,1-4H3;5-7,10-12H,9H2,1-4H3;/q2*-1;. The summed E-state index contributed by atoms with van der Waals surface area (Å²) in [7, 11) is 0. The molecule has 5 aromatic rings. The maximum absolute atomic E-state index is 4.61. The van der Waals surface area contributed by atoms with E-state index in [1.807, 2.05) is 24.5 Å². The summed E-state index contributed by atoms with van der Waals surface area (Å²) < 4.78 is 0. The van der Waals surface area contributed by atoms with Crippen LogP contribution in [0.3, 0.4) is 0 Å². The smallest absolute Gasteiger partial charge is 0.0192 e. The van der Waals surface area contributed by atoms with Crippen molar-refractivity contribution in [3.63, 3.8) is 0 Å². The number of pyridine rings is 2. The molecule has 1 radical (unpaired) electrons. The van der Waals surface area contributed by atoms with Gasteiger partial charge in [0, 0.05) is 38.4 Å². The van der Waals surface area contributed by atoms with Gasteiger partial charge in [-0.15, -0.1) is 70.8 Å². The van der Waals surface area contributed by atoms with Crippen molar-refractivity contribution < 1.29 is 20.1 Å². The Labute approximate surface area is 279 Å². The molecule has 0 N–H and O–H groups in total. The van der Waals surface area contributed by atoms with Gasteiger partial charge in [0.1, 0.15) is 0 Å². The summed E-state index contributed by atoms with van der Waals surface area (Å²) in [5.74, 6) is 1.06. The quantitative estimate of drug-likeness (QED) is 0.155. The van der Waals surface area contributed by atoms with E-state index in [9.17, 15) is 0 Å². The first kappa shape index (κ1) is 35.1. The number of rotatable bonds is 7. The number of benzene rings is 3. The molecule has 0 spiro atoms. The van der Waals surface area contributed by atoms with E-state index in [1.54, 1.807) is 0 Å². The number of nitrogens with zero attached hydrogens (tertiary/aromatic N) is 2. The van der Waals surface area contributed by atoms with Crippen molar-refractivity contribution in [1.29, 1.82) is 0 Å². The largest absolute Gasteiger partial charge is 0.305 e. The fourth-order valence-corrected chi connectivity index (χ4v) is 5.28. The second-order valence-electron chi connectivity index (χ2n) is 13.0. The van der Waals surface area contributed by atoms with E-state index in [-0.39, 0.29) is 25.5 Å². The molecule has 2 heterocycles. The Bertz CT molecular complexity index is 1600. The molecule has 44 heavy (non-hydrogen) atoms. The molecular weight excluding hydrogens is 713 g/mol. The number of aromatic nitrogens is 2. The molecule has 0 aliphatic carbocycles. The Kier molecular flexibility index (Phi) is 12.8. The van der Waals surface area contributed by atoms with Crippen molar-refractivity contribution in [2.24, 2.45) is 5.92 Å². The van der Waals surface area contributed by atoms with Gasteiger partial charge in [-0.1, -0.05) is 96.5 Å². The van der Waals surface area contributed by atoms with Crippen molar-refractivity contribution >= 4 is 0 Å². The summed E-state index contributed by atoms with van der Waals surface area (Å²) in [5.41, 5.74) is 12.2. The van der Waals surface area contributed by atoms with Crippen LogP contribution in [0, 0.1) is 31.9 Å². The monoisotopic (exact) mass is 759 g/mol. The molecule has 2 nitrogen and oxygen atoms in total. The van der Waals surface area contributed by atoms with E-state index in [0.29, 0.717) is 11.8 Å². The molecule has 0 saturated carbocycles. The van der Waals surface area contributed by atoms with Gasteiger partial charge in [-0.25, -0.2) is 0 Å². The molecule has 0 saturated heterocycles. The molecule has 1 unspecified atom stereocenters. The van der Waals surface area contributed by atoms with Crippen molar-refractivity contribution in [2.75, 3.05) is 0 Å². The minimum Gasteiger partial charge on any atom is -0.305 e. The molecule has 231 valence electrons. The number of hydrogen-bond acceptors (Lipinski definition) is 2. The zero-order chi connectivity index (χ0) is 31.0. The van der Waals surface area contributed by atoms with Crippen LogP contribution in [0.4, 0.5) is 0 Å². The summed E-state index contributed by atoms with van der Waals surface area (Å²) in [4.78, 5) is 9.13. The van der Waals surface area contributed by atoms with Crippen molar-refractivity contribution in [1.82, 2.24) is 9.97 Å². The number of hydrogen-bond donors (Lipinski definition) is 0. The summed E-state index contributed by atoms with van der Waals surface area (Å²) in [6, 6.07) is 36.5. The Morgan fingerprint density at radius 1 is 0.773 bits per heavy atom. The minimum atomic E-state index is 0. The van der Waals surface area contributed by atoms with Gasteiger partial charge in [-0.2, -0.15) is 0 Å². The molecule has 0 fully saturated rings. The third-order valence-electron chi connectivity index (χ3n) is 7.83. The number of aryl methyl sites for hydroxylation is 2. The maximum Gasteiger partial charge on any atom is 0.0192 e. The maximum atomic E-state index is 4.61. The first-order valence-corrected chi connectivity index (χ1v) is 15.5. The Hall–Kier alpha value is -3.39. The molecule has 0 amide bonds. The third kappa shape index (κ3) is 9.55. The average Bonchev–Trinajstić information content (AvgIpc) is 3.00. The summed E-state index contributed by atoms with van der Waals surface area (Å²) in [6.45, 7) is 17.6. The predicted molar refractivity (Wildman–Crippen MR) is 182 cm³/mol. The van der Waals surface area contributed by atoms with Crippen LogP contribution < -0.4 is 0 Å². The van der Waals surface area contributed by atoms with Gasteiger partial charge in [0.25, 0.3) is 0 Å². The molecule has 3 heteroatoms. The van der Waals surface area contributed by atoms with Crippen LogP contribution in [0.25, 0.3) is 22.5 Å². The Morgan fingerprint density at radius 3 is 2.14 bits per heavy atom. The molecule has 0 aliphatic heterocycles. The van der Waals surface area contributed by atoms with Gasteiger partial charge in [-0.3, -0.25) is 0 Å². The SMILES string of the molecule is CCC(c1ccccc1)c1ccnc(-c2[c-]ccc(C(C)(C)C)c2)c1.Cc1c[c-]c(-c2cc(CC(C)C)c(C)cn2)cc1.[Ir]. The van der Waals surface area contributed by atoms with Crippen LogP contribution in [0.15, 0.2) is 97.3 Å². The van der Waals surface area contributed by atoms with Crippen LogP contribution in [0.1, 0.15) is 87.3 Å². The van der Waals surface area contributed by atoms with Gasteiger partial charge in [0.2, 0.25) is 0 Å². The summed E-state index contributed by atoms with van der Waals surface area (Å²) in [6.07, 6.45) is 6.07. The molecule has 1 atom stereocenters. The van der Waals surface area contributed by atoms with E-state index < -0.39 is 0 Å². The summed E-state index contributed by atoms with van der Waals surface area (Å²) in [5, 5.41) is 0. The van der Waals surface area contributed by atoms with E-state index in [4.69, 9.17) is 0 Å². The Balaban J connectivity index is 0.000000247. The fourth-order valence-electron chi connectivity index (χ4n) is 5.28. The molecular formula is C41H46IrN2-2. The fraction of sp³-hybridized carbons (Fsp3) is 0.317. The van der Waals surface area contributed by atoms with E-state index >= 15 is 0 Å². The second kappa shape index (κ2) is 16.1. The van der Waals surface area contributed by atoms with Crippen LogP contribution in [-0.2, 0) is 31.9 Å². The molecule has 0 aliphatic rings. The minimum absolute atomic E-state index is 0. The van der Waals surface area contributed by atoms with Crippen LogP contribution in [-0.4, -0.2) is 9.97 Å². The van der Waals surface area contributed by atoms with Crippen LogP contribution >= 0.6 is 0 Å². The van der Waals surface area contributed by atoms with Gasteiger partial charge in [-0.05, 0) is 65.2 Å². The van der Waals surface area contributed by atoms with E-state index in [2.05, 4.69) is 150 Å². The van der Waals surface area contributed by atoms with Gasteiger partial charge >= 0.3 is 0 Å².